The van der Waals surface area contributed by atoms with Crippen molar-refractivity contribution in [1.29, 1.82) is 0 Å². The third-order valence-electron chi connectivity index (χ3n) is 3.14. The van der Waals surface area contributed by atoms with Crippen molar-refractivity contribution in [2.24, 2.45) is 5.92 Å². The second-order valence-corrected chi connectivity index (χ2v) is 5.31. The van der Waals surface area contributed by atoms with Crippen molar-refractivity contribution in [3.63, 3.8) is 0 Å². The van der Waals surface area contributed by atoms with Gasteiger partial charge in [-0.25, -0.2) is 0 Å². The zero-order valence-corrected chi connectivity index (χ0v) is 11.0. The summed E-state index contributed by atoms with van der Waals surface area (Å²) in [7, 11) is 0. The van der Waals surface area contributed by atoms with Crippen LogP contribution >= 0.6 is 11.6 Å². The van der Waals surface area contributed by atoms with E-state index >= 15 is 0 Å². The quantitative estimate of drug-likeness (QED) is 0.849. The van der Waals surface area contributed by atoms with Gasteiger partial charge in [-0.1, -0.05) is 16.8 Å². The largest absolute Gasteiger partial charge is 0.361 e. The minimum atomic E-state index is 0.647. The fraction of sp³-hybridized carbons (Fsp3) is 0.500. The van der Waals surface area contributed by atoms with Crippen LogP contribution in [0.15, 0.2) is 23.0 Å². The Hall–Kier alpha value is -1.33. The van der Waals surface area contributed by atoms with Gasteiger partial charge in [-0.05, 0) is 6.92 Å². The van der Waals surface area contributed by atoms with Gasteiger partial charge < -0.3 is 4.52 Å². The van der Waals surface area contributed by atoms with Crippen molar-refractivity contribution >= 4 is 11.6 Å². The Labute approximate surface area is 110 Å². The van der Waals surface area contributed by atoms with E-state index in [4.69, 9.17) is 16.1 Å². The highest BCUT2D eigenvalue weighted by Crippen LogP contribution is 2.20. The highest BCUT2D eigenvalue weighted by atomic mass is 35.5. The first-order valence-corrected chi connectivity index (χ1v) is 6.39. The number of nitrogens with zero attached hydrogens (tertiary/aromatic N) is 4. The van der Waals surface area contributed by atoms with Crippen LogP contribution in [0.4, 0.5) is 0 Å². The van der Waals surface area contributed by atoms with E-state index in [1.807, 2.05) is 23.9 Å². The first-order valence-electron chi connectivity index (χ1n) is 6.01. The summed E-state index contributed by atoms with van der Waals surface area (Å²) >= 11 is 5.83. The van der Waals surface area contributed by atoms with Crippen LogP contribution in [0.25, 0.3) is 0 Å². The number of rotatable bonds is 4. The second kappa shape index (κ2) is 4.74. The van der Waals surface area contributed by atoms with Crippen LogP contribution in [0, 0.1) is 12.8 Å². The molecule has 0 radical (unpaired) electrons. The molecule has 1 aliphatic heterocycles. The number of hydrogen-bond donors (Lipinski definition) is 0. The van der Waals surface area contributed by atoms with Gasteiger partial charge in [-0.2, -0.15) is 5.10 Å². The number of aromatic nitrogens is 3. The van der Waals surface area contributed by atoms with Gasteiger partial charge in [0.25, 0.3) is 0 Å². The van der Waals surface area contributed by atoms with Gasteiger partial charge in [0.1, 0.15) is 5.76 Å². The molecule has 2 aromatic rings. The van der Waals surface area contributed by atoms with E-state index in [0.29, 0.717) is 10.9 Å². The summed E-state index contributed by atoms with van der Waals surface area (Å²) < 4.78 is 6.96. The van der Waals surface area contributed by atoms with E-state index in [9.17, 15) is 0 Å². The van der Waals surface area contributed by atoms with E-state index < -0.39 is 0 Å². The third-order valence-corrected chi connectivity index (χ3v) is 3.34. The van der Waals surface area contributed by atoms with Gasteiger partial charge >= 0.3 is 0 Å². The third kappa shape index (κ3) is 2.57. The van der Waals surface area contributed by atoms with Crippen molar-refractivity contribution in [3.8, 4) is 0 Å². The molecule has 0 saturated carbocycles. The highest BCUT2D eigenvalue weighted by molar-refractivity contribution is 6.30. The smallest absolute Gasteiger partial charge is 0.133 e. The highest BCUT2D eigenvalue weighted by Gasteiger charge is 2.27. The molecular formula is C12H15ClN4O. The van der Waals surface area contributed by atoms with Gasteiger partial charge in [0.05, 0.1) is 16.9 Å². The molecule has 18 heavy (non-hydrogen) atoms. The fourth-order valence-electron chi connectivity index (χ4n) is 2.35. The molecule has 0 spiro atoms. The molecule has 0 bridgehead atoms. The molecule has 1 aliphatic rings. The first kappa shape index (κ1) is 11.7. The summed E-state index contributed by atoms with van der Waals surface area (Å²) in [4.78, 5) is 2.35. The predicted molar refractivity (Wildman–Crippen MR) is 67.2 cm³/mol. The molecule has 96 valence electrons. The monoisotopic (exact) mass is 266 g/mol. The van der Waals surface area contributed by atoms with Gasteiger partial charge in [0.2, 0.25) is 0 Å². The number of halogens is 1. The maximum absolute atomic E-state index is 5.83. The molecule has 2 aromatic heterocycles. The topological polar surface area (TPSA) is 47.1 Å². The lowest BCUT2D eigenvalue weighted by atomic mass is 10.00. The van der Waals surface area contributed by atoms with Crippen molar-refractivity contribution in [1.82, 2.24) is 19.8 Å². The Bertz CT molecular complexity index is 483. The van der Waals surface area contributed by atoms with Crippen LogP contribution in [-0.2, 0) is 13.1 Å². The van der Waals surface area contributed by atoms with Gasteiger partial charge in [-0.15, -0.1) is 0 Å². The fourth-order valence-corrected chi connectivity index (χ4v) is 2.50. The first-order chi connectivity index (χ1) is 8.69. The molecule has 0 amide bonds. The Morgan fingerprint density at radius 3 is 2.94 bits per heavy atom. The Morgan fingerprint density at radius 1 is 1.50 bits per heavy atom. The summed E-state index contributed by atoms with van der Waals surface area (Å²) in [6.07, 6.45) is 3.54. The van der Waals surface area contributed by atoms with Crippen LogP contribution in [0.5, 0.6) is 0 Å². The van der Waals surface area contributed by atoms with E-state index in [2.05, 4.69) is 15.2 Å². The van der Waals surface area contributed by atoms with Crippen LogP contribution in [0.1, 0.15) is 11.5 Å². The maximum atomic E-state index is 5.83. The lowest BCUT2D eigenvalue weighted by Crippen LogP contribution is -2.47. The number of aryl methyl sites for hydroxylation is 1. The normalized spacial score (nSPS) is 17.0. The Kier molecular flexibility index (Phi) is 3.09. The second-order valence-electron chi connectivity index (χ2n) is 4.87. The standard InChI is InChI=1S/C12H15ClN4O/c1-9-2-12(15-18-9)8-16-4-10(5-16)6-17-7-11(13)3-14-17/h2-3,7,10H,4-6,8H2,1H3. The van der Waals surface area contributed by atoms with Gasteiger partial charge in [-0.3, -0.25) is 9.58 Å². The van der Waals surface area contributed by atoms with Crippen molar-refractivity contribution in [2.45, 2.75) is 20.0 Å². The SMILES string of the molecule is Cc1cc(CN2CC(Cn3cc(Cl)cn3)C2)no1. The Morgan fingerprint density at radius 2 is 2.33 bits per heavy atom. The van der Waals surface area contributed by atoms with Gasteiger partial charge in [0, 0.05) is 44.4 Å². The van der Waals surface area contributed by atoms with E-state index in [0.717, 1.165) is 37.6 Å². The number of hydrogen-bond acceptors (Lipinski definition) is 4. The molecule has 3 rings (SSSR count). The molecule has 0 atom stereocenters. The Balaban J connectivity index is 1.46. The molecule has 0 N–H and O–H groups in total. The van der Waals surface area contributed by atoms with Crippen molar-refractivity contribution < 1.29 is 4.52 Å². The van der Waals surface area contributed by atoms with Crippen molar-refractivity contribution in [2.75, 3.05) is 13.1 Å². The molecule has 0 aromatic carbocycles. The van der Waals surface area contributed by atoms with Gasteiger partial charge in [0.15, 0.2) is 0 Å². The lowest BCUT2D eigenvalue weighted by molar-refractivity contribution is 0.0754. The number of likely N-dealkylation sites (tertiary alicyclic amines) is 1. The summed E-state index contributed by atoms with van der Waals surface area (Å²) in [5.74, 6) is 1.52. The van der Waals surface area contributed by atoms with Crippen LogP contribution in [-0.4, -0.2) is 32.9 Å². The molecular weight excluding hydrogens is 252 g/mol. The zero-order chi connectivity index (χ0) is 12.5. The van der Waals surface area contributed by atoms with Crippen molar-refractivity contribution in [3.05, 3.63) is 34.9 Å². The average Bonchev–Trinajstić information content (AvgIpc) is 2.85. The molecule has 0 aliphatic carbocycles. The maximum Gasteiger partial charge on any atom is 0.133 e. The molecule has 3 heterocycles. The predicted octanol–water partition coefficient (Wildman–Crippen LogP) is 1.96. The molecule has 1 saturated heterocycles. The minimum Gasteiger partial charge on any atom is -0.361 e. The summed E-state index contributed by atoms with van der Waals surface area (Å²) in [5, 5.41) is 8.89. The zero-order valence-electron chi connectivity index (χ0n) is 10.2. The van der Waals surface area contributed by atoms with E-state index in [-0.39, 0.29) is 0 Å². The summed E-state index contributed by atoms with van der Waals surface area (Å²) in [6.45, 7) is 5.86. The minimum absolute atomic E-state index is 0.647. The van der Waals surface area contributed by atoms with Crippen LogP contribution in [0.2, 0.25) is 5.02 Å². The molecule has 6 heteroatoms. The van der Waals surface area contributed by atoms with E-state index in [1.165, 1.54) is 0 Å². The van der Waals surface area contributed by atoms with Crippen LogP contribution in [0.3, 0.4) is 0 Å². The summed E-state index contributed by atoms with van der Waals surface area (Å²) in [5.41, 5.74) is 1.01. The molecule has 1 fully saturated rings. The molecule has 0 unspecified atom stereocenters. The summed E-state index contributed by atoms with van der Waals surface area (Å²) in [6, 6.07) is 1.99. The van der Waals surface area contributed by atoms with Crippen LogP contribution < -0.4 is 0 Å². The lowest BCUT2D eigenvalue weighted by Gasteiger charge is -2.38. The molecule has 5 nitrogen and oxygen atoms in total. The van der Waals surface area contributed by atoms with E-state index in [1.54, 1.807) is 6.20 Å². The average molecular weight is 267 g/mol.